The van der Waals surface area contributed by atoms with Crippen molar-refractivity contribution in [3.05, 3.63) is 46.7 Å². The molecule has 0 bridgehead atoms. The zero-order valence-corrected chi connectivity index (χ0v) is 11.5. The van der Waals surface area contributed by atoms with E-state index in [0.717, 1.165) is 5.56 Å². The molecule has 19 heavy (non-hydrogen) atoms. The van der Waals surface area contributed by atoms with Crippen LogP contribution in [0.4, 0.5) is 5.69 Å². The van der Waals surface area contributed by atoms with E-state index in [0.29, 0.717) is 16.3 Å². The number of aromatic nitrogens is 2. The van der Waals surface area contributed by atoms with Crippen LogP contribution in [0.2, 0.25) is 5.02 Å². The Morgan fingerprint density at radius 2 is 2.26 bits per heavy atom. The van der Waals surface area contributed by atoms with Gasteiger partial charge in [-0.3, -0.25) is 9.48 Å². The highest BCUT2D eigenvalue weighted by Gasteiger charge is 2.13. The molecule has 5 nitrogen and oxygen atoms in total. The molecule has 2 rings (SSSR count). The molecule has 0 spiro atoms. The molecule has 1 unspecified atom stereocenters. The van der Waals surface area contributed by atoms with E-state index < -0.39 is 0 Å². The lowest BCUT2D eigenvalue weighted by Gasteiger charge is -2.12. The van der Waals surface area contributed by atoms with Crippen LogP contribution in [-0.2, 0) is 7.05 Å². The molecule has 0 saturated carbocycles. The highest BCUT2D eigenvalue weighted by atomic mass is 35.5. The monoisotopic (exact) mass is 278 g/mol. The fourth-order valence-electron chi connectivity index (χ4n) is 1.71. The highest BCUT2D eigenvalue weighted by molar-refractivity contribution is 6.33. The Morgan fingerprint density at radius 3 is 2.84 bits per heavy atom. The second kappa shape index (κ2) is 5.32. The lowest BCUT2D eigenvalue weighted by Crippen LogP contribution is -2.26. The minimum Gasteiger partial charge on any atom is -0.398 e. The summed E-state index contributed by atoms with van der Waals surface area (Å²) in [6.45, 7) is 1.90. The number of nitrogens with two attached hydrogens (primary N) is 1. The Bertz CT molecular complexity index is 608. The van der Waals surface area contributed by atoms with E-state index >= 15 is 0 Å². The SMILES string of the molecule is CC(NC(=O)c1ccc(Cl)c(N)c1)c1cnn(C)c1. The maximum Gasteiger partial charge on any atom is 0.251 e. The van der Waals surface area contributed by atoms with Crippen LogP contribution >= 0.6 is 11.6 Å². The van der Waals surface area contributed by atoms with Crippen LogP contribution in [0.5, 0.6) is 0 Å². The third kappa shape index (κ3) is 3.06. The molecule has 0 aliphatic heterocycles. The van der Waals surface area contributed by atoms with Crippen LogP contribution < -0.4 is 11.1 Å². The van der Waals surface area contributed by atoms with E-state index in [1.54, 1.807) is 29.1 Å². The predicted molar refractivity (Wildman–Crippen MR) is 75.0 cm³/mol. The number of hydrogen-bond donors (Lipinski definition) is 2. The topological polar surface area (TPSA) is 72.9 Å². The second-order valence-electron chi connectivity index (χ2n) is 4.38. The zero-order chi connectivity index (χ0) is 14.0. The Hall–Kier alpha value is -2.01. The van der Waals surface area contributed by atoms with Crippen molar-refractivity contribution in [3.8, 4) is 0 Å². The molecule has 1 aromatic heterocycles. The van der Waals surface area contributed by atoms with Crippen molar-refractivity contribution in [2.45, 2.75) is 13.0 Å². The largest absolute Gasteiger partial charge is 0.398 e. The molecule has 1 amide bonds. The smallest absolute Gasteiger partial charge is 0.251 e. The normalized spacial score (nSPS) is 12.2. The van der Waals surface area contributed by atoms with E-state index in [4.69, 9.17) is 17.3 Å². The summed E-state index contributed by atoms with van der Waals surface area (Å²) in [7, 11) is 1.83. The quantitative estimate of drug-likeness (QED) is 0.845. The summed E-state index contributed by atoms with van der Waals surface area (Å²) >= 11 is 5.82. The number of carbonyl (C=O) groups excluding carboxylic acids is 1. The van der Waals surface area contributed by atoms with Crippen LogP contribution in [0.3, 0.4) is 0 Å². The minimum absolute atomic E-state index is 0.127. The first-order chi connectivity index (χ1) is 8.97. The highest BCUT2D eigenvalue weighted by Crippen LogP contribution is 2.20. The number of hydrogen-bond acceptors (Lipinski definition) is 3. The number of rotatable bonds is 3. The van der Waals surface area contributed by atoms with Crippen molar-refractivity contribution in [3.63, 3.8) is 0 Å². The molecule has 1 aromatic carbocycles. The number of nitrogen functional groups attached to an aromatic ring is 1. The number of halogens is 1. The minimum atomic E-state index is -0.195. The number of benzene rings is 1. The van der Waals surface area contributed by atoms with E-state index in [2.05, 4.69) is 10.4 Å². The Morgan fingerprint density at radius 1 is 1.53 bits per heavy atom. The fourth-order valence-corrected chi connectivity index (χ4v) is 1.83. The molecule has 0 radical (unpaired) electrons. The van der Waals surface area contributed by atoms with Gasteiger partial charge in [-0.15, -0.1) is 0 Å². The number of nitrogens with zero attached hydrogens (tertiary/aromatic N) is 2. The molecule has 3 N–H and O–H groups in total. The number of anilines is 1. The van der Waals surface area contributed by atoms with Gasteiger partial charge in [-0.05, 0) is 25.1 Å². The van der Waals surface area contributed by atoms with Gasteiger partial charge in [0.2, 0.25) is 0 Å². The van der Waals surface area contributed by atoms with Crippen LogP contribution in [0, 0.1) is 0 Å². The third-order valence-corrected chi connectivity index (χ3v) is 3.17. The molecular weight excluding hydrogens is 264 g/mol. The lowest BCUT2D eigenvalue weighted by atomic mass is 10.1. The summed E-state index contributed by atoms with van der Waals surface area (Å²) in [5.74, 6) is -0.195. The van der Waals surface area contributed by atoms with E-state index in [9.17, 15) is 4.79 Å². The van der Waals surface area contributed by atoms with Crippen molar-refractivity contribution in [2.75, 3.05) is 5.73 Å². The summed E-state index contributed by atoms with van der Waals surface area (Å²) < 4.78 is 1.69. The molecule has 0 aliphatic carbocycles. The summed E-state index contributed by atoms with van der Waals surface area (Å²) in [5.41, 5.74) is 7.50. The van der Waals surface area contributed by atoms with Gasteiger partial charge in [-0.25, -0.2) is 0 Å². The van der Waals surface area contributed by atoms with Crippen molar-refractivity contribution < 1.29 is 4.79 Å². The molecule has 6 heteroatoms. The summed E-state index contributed by atoms with van der Waals surface area (Å²) in [6.07, 6.45) is 3.59. The van der Waals surface area contributed by atoms with E-state index in [1.165, 1.54) is 0 Å². The van der Waals surface area contributed by atoms with Crippen LogP contribution in [0.1, 0.15) is 28.9 Å². The van der Waals surface area contributed by atoms with Crippen LogP contribution in [0.15, 0.2) is 30.6 Å². The van der Waals surface area contributed by atoms with Gasteiger partial charge in [0.05, 0.1) is 22.9 Å². The molecule has 2 aromatic rings. The van der Waals surface area contributed by atoms with Gasteiger partial charge < -0.3 is 11.1 Å². The molecule has 0 aliphatic rings. The van der Waals surface area contributed by atoms with Crippen molar-refractivity contribution >= 4 is 23.2 Å². The van der Waals surface area contributed by atoms with Gasteiger partial charge in [0.15, 0.2) is 0 Å². The molecule has 1 heterocycles. The average Bonchev–Trinajstić information content (AvgIpc) is 2.79. The first-order valence-corrected chi connectivity index (χ1v) is 6.19. The molecular formula is C13H15ClN4O. The van der Waals surface area contributed by atoms with Gasteiger partial charge in [0.25, 0.3) is 5.91 Å². The predicted octanol–water partition coefficient (Wildman–Crippen LogP) is 2.15. The summed E-state index contributed by atoms with van der Waals surface area (Å²) in [5, 5.41) is 7.39. The van der Waals surface area contributed by atoms with E-state index in [1.807, 2.05) is 20.2 Å². The maximum absolute atomic E-state index is 12.1. The first-order valence-electron chi connectivity index (χ1n) is 5.82. The molecule has 0 fully saturated rings. The van der Waals surface area contributed by atoms with Gasteiger partial charge in [-0.2, -0.15) is 5.10 Å². The van der Waals surface area contributed by atoms with Gasteiger partial charge in [-0.1, -0.05) is 11.6 Å². The number of aryl methyl sites for hydroxylation is 1. The Kier molecular flexibility index (Phi) is 3.76. The molecule has 100 valence electrons. The molecule has 1 atom stereocenters. The fraction of sp³-hybridized carbons (Fsp3) is 0.231. The summed E-state index contributed by atoms with van der Waals surface area (Å²) in [4.78, 5) is 12.1. The van der Waals surface area contributed by atoms with E-state index in [-0.39, 0.29) is 11.9 Å². The van der Waals surface area contributed by atoms with Crippen molar-refractivity contribution in [2.24, 2.45) is 7.05 Å². The van der Waals surface area contributed by atoms with Crippen LogP contribution in [-0.4, -0.2) is 15.7 Å². The van der Waals surface area contributed by atoms with Gasteiger partial charge in [0.1, 0.15) is 0 Å². The standard InChI is InChI=1S/C13H15ClN4O/c1-8(10-6-16-18(2)7-10)17-13(19)9-3-4-11(14)12(15)5-9/h3-8H,15H2,1-2H3,(H,17,19). The zero-order valence-electron chi connectivity index (χ0n) is 10.7. The Labute approximate surface area is 116 Å². The maximum atomic E-state index is 12.1. The lowest BCUT2D eigenvalue weighted by molar-refractivity contribution is 0.0940. The third-order valence-electron chi connectivity index (χ3n) is 2.83. The Balaban J connectivity index is 2.10. The first kappa shape index (κ1) is 13.4. The number of amides is 1. The van der Waals surface area contributed by atoms with Crippen molar-refractivity contribution in [1.82, 2.24) is 15.1 Å². The van der Waals surface area contributed by atoms with Gasteiger partial charge in [0, 0.05) is 24.4 Å². The average molecular weight is 279 g/mol. The summed E-state index contributed by atoms with van der Waals surface area (Å²) in [6, 6.07) is 4.69. The van der Waals surface area contributed by atoms with Gasteiger partial charge >= 0.3 is 0 Å². The van der Waals surface area contributed by atoms with Crippen molar-refractivity contribution in [1.29, 1.82) is 0 Å². The van der Waals surface area contributed by atoms with Crippen LogP contribution in [0.25, 0.3) is 0 Å². The number of carbonyl (C=O) groups is 1. The molecule has 0 saturated heterocycles. The second-order valence-corrected chi connectivity index (χ2v) is 4.79. The number of nitrogens with one attached hydrogen (secondary N) is 1.